The third-order valence-corrected chi connectivity index (χ3v) is 8.33. The third-order valence-electron chi connectivity index (χ3n) is 8.33. The Morgan fingerprint density at radius 2 is 1.82 bits per heavy atom. The van der Waals surface area contributed by atoms with Gasteiger partial charge in [-0.3, -0.25) is 9.69 Å². The lowest BCUT2D eigenvalue weighted by molar-refractivity contribution is -0.162. The Hall–Kier alpha value is -3.08. The van der Waals surface area contributed by atoms with Gasteiger partial charge in [0.15, 0.2) is 0 Å². The summed E-state index contributed by atoms with van der Waals surface area (Å²) in [7, 11) is 0. The maximum atomic E-state index is 12.8. The summed E-state index contributed by atoms with van der Waals surface area (Å²) < 4.78 is 40.7. The molecule has 2 fully saturated rings. The molecule has 1 aromatic carbocycles. The van der Waals surface area contributed by atoms with Gasteiger partial charge in [-0.2, -0.15) is 13.2 Å². The minimum absolute atomic E-state index is 0.167. The van der Waals surface area contributed by atoms with Gasteiger partial charge in [0, 0.05) is 37.6 Å². The Morgan fingerprint density at radius 3 is 2.45 bits per heavy atom. The lowest BCUT2D eigenvalue weighted by Crippen LogP contribution is -2.45. The Bertz CT molecular complexity index is 1150. The molecule has 2 bridgehead atoms. The molecule has 206 valence electrons. The Kier molecular flexibility index (Phi) is 7.39. The van der Waals surface area contributed by atoms with Crippen molar-refractivity contribution in [1.82, 2.24) is 24.7 Å². The van der Waals surface area contributed by atoms with Crippen molar-refractivity contribution in [2.45, 2.75) is 88.8 Å². The molecule has 0 unspecified atom stereocenters. The molecule has 0 saturated carbocycles. The van der Waals surface area contributed by atoms with Gasteiger partial charge in [0.05, 0.1) is 24.0 Å². The topological polar surface area (TPSA) is 90.7 Å². The van der Waals surface area contributed by atoms with E-state index in [2.05, 4.69) is 14.8 Å². The molecule has 4 atom stereocenters. The standard InChI is InChI=1S/C27H34F3N5O3/c1-17-31-23-9-11-33(25(36)15-27(28,29)30)16-24(23)35(17)21-13-19-7-8-20(14-21)34(19)12-10-22(32-26(37)38)18-5-3-2-4-6-18/h2-6,19-22,32H,7-16H2,1H3,(H,37,38)/t19-,20+,21+,22-/m0/s1. The molecule has 2 saturated heterocycles. The Morgan fingerprint density at radius 1 is 1.13 bits per heavy atom. The van der Waals surface area contributed by atoms with Crippen LogP contribution in [0.15, 0.2) is 30.3 Å². The average molecular weight is 534 g/mol. The van der Waals surface area contributed by atoms with E-state index in [1.54, 1.807) is 0 Å². The maximum absolute atomic E-state index is 12.8. The maximum Gasteiger partial charge on any atom is 0.405 e. The number of carbonyl (C=O) groups excluding carboxylic acids is 1. The first-order valence-corrected chi connectivity index (χ1v) is 13.3. The summed E-state index contributed by atoms with van der Waals surface area (Å²) in [6.07, 6.45) is -1.91. The Labute approximate surface area is 219 Å². The highest BCUT2D eigenvalue weighted by molar-refractivity contribution is 5.77. The van der Waals surface area contributed by atoms with Gasteiger partial charge in [0.1, 0.15) is 12.2 Å². The molecule has 38 heavy (non-hydrogen) atoms. The molecule has 4 heterocycles. The fraction of sp³-hybridized carbons (Fsp3) is 0.593. The van der Waals surface area contributed by atoms with Gasteiger partial charge in [0.2, 0.25) is 5.91 Å². The van der Waals surface area contributed by atoms with E-state index >= 15 is 0 Å². The van der Waals surface area contributed by atoms with Gasteiger partial charge in [-0.1, -0.05) is 30.3 Å². The highest BCUT2D eigenvalue weighted by Crippen LogP contribution is 2.43. The second-order valence-corrected chi connectivity index (χ2v) is 10.7. The number of fused-ring (bicyclic) bond motifs is 3. The minimum atomic E-state index is -4.51. The summed E-state index contributed by atoms with van der Waals surface area (Å²) in [6, 6.07) is 10.2. The van der Waals surface area contributed by atoms with Crippen LogP contribution < -0.4 is 5.32 Å². The van der Waals surface area contributed by atoms with E-state index in [1.165, 1.54) is 4.90 Å². The predicted octanol–water partition coefficient (Wildman–Crippen LogP) is 4.60. The van der Waals surface area contributed by atoms with E-state index < -0.39 is 24.6 Å². The number of nitrogens with one attached hydrogen (secondary N) is 1. The highest BCUT2D eigenvalue weighted by atomic mass is 19.4. The minimum Gasteiger partial charge on any atom is -0.465 e. The van der Waals surface area contributed by atoms with Crippen LogP contribution in [0, 0.1) is 6.92 Å². The normalized spacial score (nSPS) is 24.2. The van der Waals surface area contributed by atoms with Crippen molar-refractivity contribution < 1.29 is 27.9 Å². The van der Waals surface area contributed by atoms with Gasteiger partial charge in [-0.15, -0.1) is 0 Å². The van der Waals surface area contributed by atoms with E-state index in [0.717, 1.165) is 55.0 Å². The number of rotatable bonds is 7. The molecule has 2 amide bonds. The average Bonchev–Trinajstić information content (AvgIpc) is 3.31. The number of halogens is 3. The molecule has 1 aromatic heterocycles. The number of hydrogen-bond acceptors (Lipinski definition) is 4. The van der Waals surface area contributed by atoms with E-state index in [9.17, 15) is 27.9 Å². The van der Waals surface area contributed by atoms with Crippen molar-refractivity contribution in [3.8, 4) is 0 Å². The lowest BCUT2D eigenvalue weighted by Gasteiger charge is -2.41. The number of nitrogens with zero attached hydrogens (tertiary/aromatic N) is 4. The van der Waals surface area contributed by atoms with Crippen molar-refractivity contribution in [1.29, 1.82) is 0 Å². The number of alkyl halides is 3. The molecule has 0 aliphatic carbocycles. The summed E-state index contributed by atoms with van der Waals surface area (Å²) in [5.41, 5.74) is 2.71. The number of hydrogen-bond donors (Lipinski definition) is 2. The number of aromatic nitrogens is 2. The quantitative estimate of drug-likeness (QED) is 0.543. The largest absolute Gasteiger partial charge is 0.465 e. The van der Waals surface area contributed by atoms with Crippen molar-refractivity contribution >= 4 is 12.0 Å². The highest BCUT2D eigenvalue weighted by Gasteiger charge is 2.43. The number of aryl methyl sites for hydroxylation is 1. The second-order valence-electron chi connectivity index (χ2n) is 10.7. The van der Waals surface area contributed by atoms with E-state index in [4.69, 9.17) is 4.98 Å². The van der Waals surface area contributed by atoms with Crippen LogP contribution in [-0.4, -0.2) is 67.8 Å². The molecule has 5 rings (SSSR count). The third kappa shape index (κ3) is 5.67. The summed E-state index contributed by atoms with van der Waals surface area (Å²) in [4.78, 5) is 32.3. The molecule has 0 radical (unpaired) electrons. The SMILES string of the molecule is Cc1nc2c(n1[C@H]1C[C@H]3CC[C@@H](C1)N3CC[C@H](NC(=O)O)c1ccccc1)CN(C(=O)CC(F)(F)F)CC2. The molecule has 8 nitrogen and oxygen atoms in total. The van der Waals surface area contributed by atoms with Crippen LogP contribution in [0.1, 0.15) is 73.4 Å². The van der Waals surface area contributed by atoms with Gasteiger partial charge < -0.3 is 19.9 Å². The van der Waals surface area contributed by atoms with Crippen molar-refractivity contribution in [2.24, 2.45) is 0 Å². The predicted molar refractivity (Wildman–Crippen MR) is 134 cm³/mol. The number of imidazole rings is 1. The zero-order valence-corrected chi connectivity index (χ0v) is 21.5. The number of carboxylic acid groups (broad SMARTS) is 1. The smallest absolute Gasteiger partial charge is 0.405 e. The van der Waals surface area contributed by atoms with Crippen molar-refractivity contribution in [2.75, 3.05) is 13.1 Å². The van der Waals surface area contributed by atoms with E-state index in [0.29, 0.717) is 24.9 Å². The zero-order chi connectivity index (χ0) is 27.0. The van der Waals surface area contributed by atoms with E-state index in [-0.39, 0.29) is 25.2 Å². The van der Waals surface area contributed by atoms with Crippen molar-refractivity contribution in [3.63, 3.8) is 0 Å². The van der Waals surface area contributed by atoms with Crippen molar-refractivity contribution in [3.05, 3.63) is 53.1 Å². The van der Waals surface area contributed by atoms with Gasteiger partial charge in [-0.25, -0.2) is 9.78 Å². The van der Waals surface area contributed by atoms with Crippen LogP contribution >= 0.6 is 0 Å². The summed E-state index contributed by atoms with van der Waals surface area (Å²) >= 11 is 0. The van der Waals surface area contributed by atoms with Crippen LogP contribution in [0.25, 0.3) is 0 Å². The molecular formula is C27H34F3N5O3. The monoisotopic (exact) mass is 533 g/mol. The fourth-order valence-corrected chi connectivity index (χ4v) is 6.75. The van der Waals surface area contributed by atoms with E-state index in [1.807, 2.05) is 37.3 Å². The molecule has 0 spiro atoms. The van der Waals surface area contributed by atoms with Gasteiger partial charge in [0.25, 0.3) is 0 Å². The van der Waals surface area contributed by atoms with Gasteiger partial charge >= 0.3 is 12.3 Å². The number of amides is 2. The second kappa shape index (κ2) is 10.6. The van der Waals surface area contributed by atoms with Crippen LogP contribution in [0.4, 0.5) is 18.0 Å². The first-order chi connectivity index (χ1) is 18.1. The number of carbonyl (C=O) groups is 2. The first-order valence-electron chi connectivity index (χ1n) is 13.3. The summed E-state index contributed by atoms with van der Waals surface area (Å²) in [5, 5.41) is 12.0. The van der Waals surface area contributed by atoms with Crippen LogP contribution in [0.3, 0.4) is 0 Å². The molecule has 3 aliphatic rings. The number of benzene rings is 1. The summed E-state index contributed by atoms with van der Waals surface area (Å²) in [5.74, 6) is -0.0286. The van der Waals surface area contributed by atoms with Crippen LogP contribution in [0.5, 0.6) is 0 Å². The summed E-state index contributed by atoms with van der Waals surface area (Å²) in [6.45, 7) is 3.15. The molecule has 3 aliphatic heterocycles. The Balaban J connectivity index is 1.27. The fourth-order valence-electron chi connectivity index (χ4n) is 6.75. The number of piperidine rings is 1. The van der Waals surface area contributed by atoms with Crippen LogP contribution in [-0.2, 0) is 17.8 Å². The first kappa shape index (κ1) is 26.5. The lowest BCUT2D eigenvalue weighted by atomic mass is 9.95. The van der Waals surface area contributed by atoms with Crippen LogP contribution in [0.2, 0.25) is 0 Å². The zero-order valence-electron chi connectivity index (χ0n) is 21.5. The van der Waals surface area contributed by atoms with Gasteiger partial charge in [-0.05, 0) is 44.6 Å². The molecular weight excluding hydrogens is 499 g/mol. The molecule has 2 aromatic rings. The molecule has 11 heteroatoms. The molecule has 2 N–H and O–H groups in total.